The molecule has 0 saturated heterocycles. The molecule has 0 spiro atoms. The third-order valence-electron chi connectivity index (χ3n) is 4.16. The van der Waals surface area contributed by atoms with Crippen molar-refractivity contribution in [1.29, 1.82) is 0 Å². The van der Waals surface area contributed by atoms with Gasteiger partial charge in [0.25, 0.3) is 0 Å². The molecule has 1 aliphatic carbocycles. The van der Waals surface area contributed by atoms with Crippen molar-refractivity contribution in [3.63, 3.8) is 0 Å². The van der Waals surface area contributed by atoms with Crippen molar-refractivity contribution in [3.8, 4) is 0 Å². The molecule has 0 heterocycles. The van der Waals surface area contributed by atoms with Crippen LogP contribution in [-0.4, -0.2) is 24.4 Å². The van der Waals surface area contributed by atoms with Crippen molar-refractivity contribution < 1.29 is 9.18 Å². The van der Waals surface area contributed by atoms with Gasteiger partial charge in [-0.2, -0.15) is 0 Å². The van der Waals surface area contributed by atoms with Crippen LogP contribution in [0, 0.1) is 5.82 Å². The molecule has 3 rings (SSSR count). The summed E-state index contributed by atoms with van der Waals surface area (Å²) in [6.45, 7) is 0.909. The van der Waals surface area contributed by atoms with Crippen LogP contribution < -0.4 is 5.32 Å². The number of nitrogens with zero attached hydrogens (tertiary/aromatic N) is 1. The van der Waals surface area contributed by atoms with Gasteiger partial charge < -0.3 is 5.32 Å². The fourth-order valence-electron chi connectivity index (χ4n) is 3.05. The summed E-state index contributed by atoms with van der Waals surface area (Å²) in [4.78, 5) is 14.1. The van der Waals surface area contributed by atoms with Crippen LogP contribution in [0.1, 0.15) is 23.1 Å². The third-order valence-corrected chi connectivity index (χ3v) is 4.16. The van der Waals surface area contributed by atoms with Crippen LogP contribution in [-0.2, 0) is 24.2 Å². The van der Waals surface area contributed by atoms with E-state index in [0.717, 1.165) is 24.1 Å². The van der Waals surface area contributed by atoms with E-state index in [1.807, 2.05) is 18.0 Å². The van der Waals surface area contributed by atoms with E-state index in [9.17, 15) is 9.18 Å². The maximum atomic E-state index is 12.9. The molecule has 3 nitrogen and oxygen atoms in total. The molecule has 0 aromatic heterocycles. The Kier molecular flexibility index (Phi) is 4.72. The standard InChI is InChI=1S/C19H21FN2O/c1-22(12-14-5-8-17(20)9-6-14)13-19(23)21-18-10-7-15-3-2-4-16(15)11-18/h5-11H,2-4,12-13H2,1H3,(H,21,23). The second-order valence-corrected chi connectivity index (χ2v) is 6.18. The molecular formula is C19H21FN2O. The van der Waals surface area contributed by atoms with Crippen molar-refractivity contribution in [2.75, 3.05) is 18.9 Å². The van der Waals surface area contributed by atoms with Crippen LogP contribution in [0.5, 0.6) is 0 Å². The molecule has 0 unspecified atom stereocenters. The lowest BCUT2D eigenvalue weighted by molar-refractivity contribution is -0.117. The number of benzene rings is 2. The summed E-state index contributed by atoms with van der Waals surface area (Å²) in [5, 5.41) is 2.96. The summed E-state index contributed by atoms with van der Waals surface area (Å²) in [7, 11) is 1.88. The van der Waals surface area contributed by atoms with Gasteiger partial charge in [0.2, 0.25) is 5.91 Å². The lowest BCUT2D eigenvalue weighted by atomic mass is 10.1. The van der Waals surface area contributed by atoms with Crippen molar-refractivity contribution in [1.82, 2.24) is 4.90 Å². The first-order chi connectivity index (χ1) is 11.1. The molecule has 0 bridgehead atoms. The van der Waals surface area contributed by atoms with Gasteiger partial charge in [-0.05, 0) is 67.3 Å². The molecule has 0 atom stereocenters. The Morgan fingerprint density at radius 1 is 1.13 bits per heavy atom. The Bertz CT molecular complexity index is 697. The Hall–Kier alpha value is -2.20. The average Bonchev–Trinajstić information content (AvgIpc) is 2.97. The highest BCUT2D eigenvalue weighted by Crippen LogP contribution is 2.24. The largest absolute Gasteiger partial charge is 0.325 e. The van der Waals surface area contributed by atoms with Gasteiger partial charge in [-0.25, -0.2) is 4.39 Å². The number of carbonyl (C=O) groups is 1. The highest BCUT2D eigenvalue weighted by molar-refractivity contribution is 5.92. The smallest absolute Gasteiger partial charge is 0.238 e. The summed E-state index contributed by atoms with van der Waals surface area (Å²) in [5.41, 5.74) is 4.60. The van der Waals surface area contributed by atoms with Gasteiger partial charge in [0.1, 0.15) is 5.82 Å². The molecule has 1 amide bonds. The minimum Gasteiger partial charge on any atom is -0.325 e. The van der Waals surface area contributed by atoms with E-state index in [2.05, 4.69) is 17.4 Å². The van der Waals surface area contributed by atoms with Crippen LogP contribution in [0.25, 0.3) is 0 Å². The second kappa shape index (κ2) is 6.92. The first-order valence-electron chi connectivity index (χ1n) is 7.95. The minimum absolute atomic E-state index is 0.0347. The molecule has 2 aromatic rings. The summed E-state index contributed by atoms with van der Waals surface area (Å²) in [6, 6.07) is 12.5. The molecule has 1 N–H and O–H groups in total. The number of anilines is 1. The molecule has 4 heteroatoms. The predicted molar refractivity (Wildman–Crippen MR) is 89.8 cm³/mol. The van der Waals surface area contributed by atoms with E-state index in [0.29, 0.717) is 13.1 Å². The maximum Gasteiger partial charge on any atom is 0.238 e. The van der Waals surface area contributed by atoms with Gasteiger partial charge in [0.15, 0.2) is 0 Å². The first-order valence-corrected chi connectivity index (χ1v) is 7.95. The molecular weight excluding hydrogens is 291 g/mol. The van der Waals surface area contributed by atoms with Gasteiger partial charge in [-0.3, -0.25) is 9.69 Å². The van der Waals surface area contributed by atoms with Gasteiger partial charge >= 0.3 is 0 Å². The number of halogens is 1. The number of hydrogen-bond donors (Lipinski definition) is 1. The zero-order valence-electron chi connectivity index (χ0n) is 13.3. The van der Waals surface area contributed by atoms with Gasteiger partial charge in [-0.1, -0.05) is 18.2 Å². The fourth-order valence-corrected chi connectivity index (χ4v) is 3.05. The van der Waals surface area contributed by atoms with E-state index in [1.54, 1.807) is 12.1 Å². The van der Waals surface area contributed by atoms with Crippen molar-refractivity contribution in [3.05, 3.63) is 65.0 Å². The van der Waals surface area contributed by atoms with Crippen molar-refractivity contribution in [2.24, 2.45) is 0 Å². The van der Waals surface area contributed by atoms with Crippen LogP contribution in [0.3, 0.4) is 0 Å². The van der Waals surface area contributed by atoms with E-state index in [4.69, 9.17) is 0 Å². The predicted octanol–water partition coefficient (Wildman–Crippen LogP) is 3.38. The molecule has 0 fully saturated rings. The number of nitrogens with one attached hydrogen (secondary N) is 1. The van der Waals surface area contributed by atoms with E-state index < -0.39 is 0 Å². The summed E-state index contributed by atoms with van der Waals surface area (Å²) in [6.07, 6.45) is 3.45. The summed E-state index contributed by atoms with van der Waals surface area (Å²) >= 11 is 0. The number of carbonyl (C=O) groups excluding carboxylic acids is 1. The molecule has 0 saturated carbocycles. The molecule has 23 heavy (non-hydrogen) atoms. The van der Waals surface area contributed by atoms with Gasteiger partial charge in [0.05, 0.1) is 6.54 Å². The average molecular weight is 312 g/mol. The Morgan fingerprint density at radius 3 is 2.65 bits per heavy atom. The lowest BCUT2D eigenvalue weighted by Crippen LogP contribution is -2.29. The third kappa shape index (κ3) is 4.17. The molecule has 0 radical (unpaired) electrons. The molecule has 1 aliphatic rings. The number of aryl methyl sites for hydroxylation is 2. The number of amides is 1. The Labute approximate surface area is 136 Å². The highest BCUT2D eigenvalue weighted by Gasteiger charge is 2.12. The minimum atomic E-state index is -0.245. The van der Waals surface area contributed by atoms with Crippen molar-refractivity contribution >= 4 is 11.6 Å². The van der Waals surface area contributed by atoms with Gasteiger partial charge in [0, 0.05) is 12.2 Å². The van der Waals surface area contributed by atoms with Gasteiger partial charge in [-0.15, -0.1) is 0 Å². The van der Waals surface area contributed by atoms with Crippen LogP contribution in [0.4, 0.5) is 10.1 Å². The lowest BCUT2D eigenvalue weighted by Gasteiger charge is -2.16. The number of hydrogen-bond acceptors (Lipinski definition) is 2. The number of likely N-dealkylation sites (N-methyl/N-ethyl adjacent to an activating group) is 1. The summed E-state index contributed by atoms with van der Waals surface area (Å²) < 4.78 is 12.9. The monoisotopic (exact) mass is 312 g/mol. The zero-order chi connectivity index (χ0) is 16.2. The highest BCUT2D eigenvalue weighted by atomic mass is 19.1. The molecule has 120 valence electrons. The number of rotatable bonds is 5. The van der Waals surface area contributed by atoms with Crippen LogP contribution in [0.2, 0.25) is 0 Å². The molecule has 2 aromatic carbocycles. The molecule has 0 aliphatic heterocycles. The first kappa shape index (κ1) is 15.7. The van der Waals surface area contributed by atoms with E-state index >= 15 is 0 Å². The quantitative estimate of drug-likeness (QED) is 0.918. The normalized spacial score (nSPS) is 13.2. The Balaban J connectivity index is 1.53. The summed E-state index contributed by atoms with van der Waals surface area (Å²) in [5.74, 6) is -0.279. The van der Waals surface area contributed by atoms with Crippen LogP contribution >= 0.6 is 0 Å². The Morgan fingerprint density at radius 2 is 1.87 bits per heavy atom. The van der Waals surface area contributed by atoms with Crippen molar-refractivity contribution in [2.45, 2.75) is 25.8 Å². The van der Waals surface area contributed by atoms with E-state index in [-0.39, 0.29) is 11.7 Å². The van der Waals surface area contributed by atoms with E-state index in [1.165, 1.54) is 29.7 Å². The SMILES string of the molecule is CN(CC(=O)Nc1ccc2c(c1)CCC2)Cc1ccc(F)cc1. The topological polar surface area (TPSA) is 32.3 Å². The number of fused-ring (bicyclic) bond motifs is 1. The van der Waals surface area contributed by atoms with Crippen LogP contribution in [0.15, 0.2) is 42.5 Å². The second-order valence-electron chi connectivity index (χ2n) is 6.18. The zero-order valence-corrected chi connectivity index (χ0v) is 13.3. The fraction of sp³-hybridized carbons (Fsp3) is 0.316. The maximum absolute atomic E-state index is 12.9.